The molecule has 1 rings (SSSR count). The summed E-state index contributed by atoms with van der Waals surface area (Å²) < 4.78 is 5.50. The van der Waals surface area contributed by atoms with Gasteiger partial charge >= 0.3 is 0 Å². The second-order valence-corrected chi connectivity index (χ2v) is 5.27. The highest BCUT2D eigenvalue weighted by Gasteiger charge is 2.15. The van der Waals surface area contributed by atoms with E-state index in [2.05, 4.69) is 18.8 Å². The van der Waals surface area contributed by atoms with Crippen LogP contribution >= 0.6 is 0 Å². The maximum absolute atomic E-state index is 5.50. The van der Waals surface area contributed by atoms with Gasteiger partial charge in [-0.3, -0.25) is 0 Å². The van der Waals surface area contributed by atoms with Crippen LogP contribution in [0.1, 0.15) is 89.9 Å². The van der Waals surface area contributed by atoms with Crippen LogP contribution in [0.5, 0.6) is 0 Å². The van der Waals surface area contributed by atoms with Gasteiger partial charge in [0.15, 0.2) is 5.89 Å². The molecule has 1 aromatic rings. The summed E-state index contributed by atoms with van der Waals surface area (Å²) in [5.74, 6) is 1.51. The molecule has 0 atom stereocenters. The third-order valence-corrected chi connectivity index (χ3v) is 3.61. The SMILES string of the molecule is CCCCCCC(CCCCCC)c1ncco1. The molecule has 0 bridgehead atoms. The molecule has 1 aromatic heterocycles. The molecule has 1 heterocycles. The van der Waals surface area contributed by atoms with Crippen molar-refractivity contribution in [1.29, 1.82) is 0 Å². The quantitative estimate of drug-likeness (QED) is 0.471. The lowest BCUT2D eigenvalue weighted by atomic mass is 9.94. The number of oxazole rings is 1. The highest BCUT2D eigenvalue weighted by atomic mass is 16.3. The normalized spacial score (nSPS) is 11.3. The fourth-order valence-electron chi connectivity index (χ4n) is 2.46. The monoisotopic (exact) mass is 251 g/mol. The van der Waals surface area contributed by atoms with Crippen LogP contribution in [0.3, 0.4) is 0 Å². The second kappa shape index (κ2) is 10.2. The van der Waals surface area contributed by atoms with Gasteiger partial charge < -0.3 is 4.42 Å². The first-order chi connectivity index (χ1) is 8.88. The maximum atomic E-state index is 5.50. The van der Waals surface area contributed by atoms with E-state index in [4.69, 9.17) is 4.42 Å². The van der Waals surface area contributed by atoms with E-state index in [1.165, 1.54) is 64.2 Å². The van der Waals surface area contributed by atoms with Crippen molar-refractivity contribution in [2.45, 2.75) is 84.0 Å². The first kappa shape index (κ1) is 15.3. The standard InChI is InChI=1S/C16H29NO/c1-3-5-7-9-11-15(12-10-8-6-4-2)16-17-13-14-18-16/h13-15H,3-12H2,1-2H3. The number of unbranched alkanes of at least 4 members (excludes halogenated alkanes) is 6. The van der Waals surface area contributed by atoms with E-state index < -0.39 is 0 Å². The molecule has 0 aliphatic carbocycles. The van der Waals surface area contributed by atoms with Gasteiger partial charge in [-0.15, -0.1) is 0 Å². The predicted octanol–water partition coefficient (Wildman–Crippen LogP) is 5.70. The second-order valence-electron chi connectivity index (χ2n) is 5.27. The third kappa shape index (κ3) is 6.23. The summed E-state index contributed by atoms with van der Waals surface area (Å²) in [7, 11) is 0. The van der Waals surface area contributed by atoms with Gasteiger partial charge in [0.2, 0.25) is 0 Å². The smallest absolute Gasteiger partial charge is 0.197 e. The lowest BCUT2D eigenvalue weighted by Crippen LogP contribution is -2.00. The van der Waals surface area contributed by atoms with Crippen molar-refractivity contribution in [3.8, 4) is 0 Å². The van der Waals surface area contributed by atoms with E-state index in [-0.39, 0.29) is 0 Å². The zero-order chi connectivity index (χ0) is 13.1. The van der Waals surface area contributed by atoms with Gasteiger partial charge in [-0.25, -0.2) is 4.98 Å². The first-order valence-electron chi connectivity index (χ1n) is 7.77. The Balaban J connectivity index is 2.29. The average Bonchev–Trinajstić information content (AvgIpc) is 2.91. The van der Waals surface area contributed by atoms with Crippen LogP contribution in [0.2, 0.25) is 0 Å². The minimum absolute atomic E-state index is 0.550. The summed E-state index contributed by atoms with van der Waals surface area (Å²) in [5, 5.41) is 0. The Morgan fingerprint density at radius 3 is 2.00 bits per heavy atom. The molecule has 104 valence electrons. The van der Waals surface area contributed by atoms with Crippen LogP contribution in [-0.4, -0.2) is 4.98 Å². The Kier molecular flexibility index (Phi) is 8.62. The van der Waals surface area contributed by atoms with Gasteiger partial charge in [-0.2, -0.15) is 0 Å². The molecule has 0 saturated heterocycles. The van der Waals surface area contributed by atoms with Crippen LogP contribution in [0.15, 0.2) is 16.9 Å². The van der Waals surface area contributed by atoms with Crippen LogP contribution in [-0.2, 0) is 0 Å². The fourth-order valence-corrected chi connectivity index (χ4v) is 2.46. The molecule has 0 amide bonds. The predicted molar refractivity (Wildman–Crippen MR) is 76.8 cm³/mol. The molecule has 0 unspecified atom stereocenters. The van der Waals surface area contributed by atoms with E-state index in [0.29, 0.717) is 5.92 Å². The fraction of sp³-hybridized carbons (Fsp3) is 0.812. The summed E-state index contributed by atoms with van der Waals surface area (Å²) in [5.41, 5.74) is 0. The van der Waals surface area contributed by atoms with Crippen LogP contribution in [0, 0.1) is 0 Å². The van der Waals surface area contributed by atoms with Crippen molar-refractivity contribution >= 4 is 0 Å². The zero-order valence-electron chi connectivity index (χ0n) is 12.2. The minimum atomic E-state index is 0.550. The highest BCUT2D eigenvalue weighted by Crippen LogP contribution is 2.27. The van der Waals surface area contributed by atoms with Crippen molar-refractivity contribution in [1.82, 2.24) is 4.98 Å². The number of nitrogens with zero attached hydrogens (tertiary/aromatic N) is 1. The molecule has 0 spiro atoms. The van der Waals surface area contributed by atoms with Crippen LogP contribution < -0.4 is 0 Å². The first-order valence-corrected chi connectivity index (χ1v) is 7.77. The Morgan fingerprint density at radius 2 is 1.56 bits per heavy atom. The van der Waals surface area contributed by atoms with Crippen LogP contribution in [0.25, 0.3) is 0 Å². The lowest BCUT2D eigenvalue weighted by Gasteiger charge is -2.13. The molecular formula is C16H29NO. The van der Waals surface area contributed by atoms with E-state index >= 15 is 0 Å². The summed E-state index contributed by atoms with van der Waals surface area (Å²) >= 11 is 0. The number of hydrogen-bond acceptors (Lipinski definition) is 2. The van der Waals surface area contributed by atoms with Crippen molar-refractivity contribution in [3.63, 3.8) is 0 Å². The lowest BCUT2D eigenvalue weighted by molar-refractivity contribution is 0.393. The Labute approximate surface area is 112 Å². The molecule has 18 heavy (non-hydrogen) atoms. The maximum Gasteiger partial charge on any atom is 0.197 e. The Bertz CT molecular complexity index is 257. The summed E-state index contributed by atoms with van der Waals surface area (Å²) in [4.78, 5) is 4.35. The van der Waals surface area contributed by atoms with E-state index in [1.54, 1.807) is 12.5 Å². The zero-order valence-corrected chi connectivity index (χ0v) is 12.2. The molecular weight excluding hydrogens is 222 g/mol. The summed E-state index contributed by atoms with van der Waals surface area (Å²) in [6, 6.07) is 0. The van der Waals surface area contributed by atoms with E-state index in [0.717, 1.165) is 5.89 Å². The van der Waals surface area contributed by atoms with Crippen molar-refractivity contribution in [3.05, 3.63) is 18.4 Å². The third-order valence-electron chi connectivity index (χ3n) is 3.61. The van der Waals surface area contributed by atoms with Gasteiger partial charge in [0.25, 0.3) is 0 Å². The number of hydrogen-bond donors (Lipinski definition) is 0. The molecule has 0 aliphatic rings. The highest BCUT2D eigenvalue weighted by molar-refractivity contribution is 4.91. The Morgan fingerprint density at radius 1 is 0.944 bits per heavy atom. The molecule has 0 saturated carbocycles. The Hall–Kier alpha value is -0.790. The average molecular weight is 251 g/mol. The molecule has 2 nitrogen and oxygen atoms in total. The van der Waals surface area contributed by atoms with Crippen molar-refractivity contribution in [2.24, 2.45) is 0 Å². The van der Waals surface area contributed by atoms with E-state index in [9.17, 15) is 0 Å². The van der Waals surface area contributed by atoms with Crippen LogP contribution in [0.4, 0.5) is 0 Å². The number of aromatic nitrogens is 1. The topological polar surface area (TPSA) is 26.0 Å². The number of rotatable bonds is 11. The molecule has 0 radical (unpaired) electrons. The van der Waals surface area contributed by atoms with Gasteiger partial charge in [0.1, 0.15) is 6.26 Å². The van der Waals surface area contributed by atoms with Gasteiger partial charge in [0, 0.05) is 5.92 Å². The van der Waals surface area contributed by atoms with Crippen molar-refractivity contribution in [2.75, 3.05) is 0 Å². The largest absolute Gasteiger partial charge is 0.449 e. The van der Waals surface area contributed by atoms with Crippen molar-refractivity contribution < 1.29 is 4.42 Å². The van der Waals surface area contributed by atoms with E-state index in [1.807, 2.05) is 0 Å². The summed E-state index contributed by atoms with van der Waals surface area (Å²) in [6.45, 7) is 4.52. The molecule has 0 N–H and O–H groups in total. The minimum Gasteiger partial charge on any atom is -0.449 e. The molecule has 0 aromatic carbocycles. The summed E-state index contributed by atoms with van der Waals surface area (Å²) in [6.07, 6.45) is 16.6. The molecule has 2 heteroatoms. The van der Waals surface area contributed by atoms with Gasteiger partial charge in [0.05, 0.1) is 6.20 Å². The molecule has 0 fully saturated rings. The van der Waals surface area contributed by atoms with Gasteiger partial charge in [-0.05, 0) is 12.8 Å². The van der Waals surface area contributed by atoms with Gasteiger partial charge in [-0.1, -0.05) is 65.2 Å². The molecule has 0 aliphatic heterocycles.